The summed E-state index contributed by atoms with van der Waals surface area (Å²) < 4.78 is 0. The molecule has 0 aliphatic heterocycles. The van der Waals surface area contributed by atoms with Gasteiger partial charge < -0.3 is 10.6 Å². The molecule has 0 fully saturated rings. The lowest BCUT2D eigenvalue weighted by Crippen LogP contribution is -2.44. The molecule has 0 bridgehead atoms. The standard InChI is InChI=1S/C15H18Cl2N2O2/c1-3-9-18-15(21)10(2)19-14(20)8-7-11-12(16)5-4-6-13(11)17/h4-8,10H,3,9H2,1-2H3,(H,18,21)(H,19,20)/b8-7+. The summed E-state index contributed by atoms with van der Waals surface area (Å²) in [5.41, 5.74) is 0.569. The van der Waals surface area contributed by atoms with Gasteiger partial charge in [-0.2, -0.15) is 0 Å². The zero-order chi connectivity index (χ0) is 15.8. The Hall–Kier alpha value is -1.52. The molecule has 114 valence electrons. The molecule has 0 radical (unpaired) electrons. The molecule has 21 heavy (non-hydrogen) atoms. The number of nitrogens with one attached hydrogen (secondary N) is 2. The SMILES string of the molecule is CCCNC(=O)C(C)NC(=O)/C=C/c1c(Cl)cccc1Cl. The van der Waals surface area contributed by atoms with Crippen molar-refractivity contribution in [2.75, 3.05) is 6.54 Å². The fourth-order valence-electron chi connectivity index (χ4n) is 1.56. The summed E-state index contributed by atoms with van der Waals surface area (Å²) in [5.74, 6) is -0.598. The number of halogens is 2. The van der Waals surface area contributed by atoms with Crippen molar-refractivity contribution in [2.45, 2.75) is 26.3 Å². The van der Waals surface area contributed by atoms with Crippen LogP contribution in [0.5, 0.6) is 0 Å². The minimum Gasteiger partial charge on any atom is -0.354 e. The number of hydrogen-bond acceptors (Lipinski definition) is 2. The molecule has 0 aliphatic rings. The van der Waals surface area contributed by atoms with Crippen molar-refractivity contribution in [3.63, 3.8) is 0 Å². The van der Waals surface area contributed by atoms with Crippen molar-refractivity contribution in [3.8, 4) is 0 Å². The molecular formula is C15H18Cl2N2O2. The first kappa shape index (κ1) is 17.5. The molecule has 1 aromatic rings. The van der Waals surface area contributed by atoms with E-state index >= 15 is 0 Å². The van der Waals surface area contributed by atoms with Crippen molar-refractivity contribution in [1.29, 1.82) is 0 Å². The molecule has 1 rings (SSSR count). The van der Waals surface area contributed by atoms with E-state index in [0.29, 0.717) is 22.2 Å². The van der Waals surface area contributed by atoms with Crippen LogP contribution in [0.2, 0.25) is 10.0 Å². The predicted molar refractivity (Wildman–Crippen MR) is 86.4 cm³/mol. The Balaban J connectivity index is 2.61. The van der Waals surface area contributed by atoms with E-state index in [4.69, 9.17) is 23.2 Å². The summed E-state index contributed by atoms with van der Waals surface area (Å²) in [7, 11) is 0. The second-order valence-electron chi connectivity index (χ2n) is 4.49. The zero-order valence-electron chi connectivity index (χ0n) is 12.0. The van der Waals surface area contributed by atoms with Gasteiger partial charge in [-0.25, -0.2) is 0 Å². The molecule has 0 saturated heterocycles. The van der Waals surface area contributed by atoms with E-state index in [1.807, 2.05) is 6.92 Å². The van der Waals surface area contributed by atoms with Crippen LogP contribution in [0.4, 0.5) is 0 Å². The molecule has 4 nitrogen and oxygen atoms in total. The molecule has 0 spiro atoms. The fourth-order valence-corrected chi connectivity index (χ4v) is 2.08. The van der Waals surface area contributed by atoms with Crippen LogP contribution in [0.3, 0.4) is 0 Å². The average molecular weight is 329 g/mol. The molecule has 0 aliphatic carbocycles. The van der Waals surface area contributed by atoms with Gasteiger partial charge in [0.15, 0.2) is 0 Å². The van der Waals surface area contributed by atoms with Crippen LogP contribution in [0.15, 0.2) is 24.3 Å². The maximum Gasteiger partial charge on any atom is 0.244 e. The molecule has 2 amide bonds. The van der Waals surface area contributed by atoms with E-state index in [1.54, 1.807) is 25.1 Å². The molecule has 0 heterocycles. The van der Waals surface area contributed by atoms with Crippen molar-refractivity contribution in [2.24, 2.45) is 0 Å². The smallest absolute Gasteiger partial charge is 0.244 e. The Morgan fingerprint density at radius 3 is 2.48 bits per heavy atom. The molecule has 0 saturated carbocycles. The minimum atomic E-state index is -0.601. The van der Waals surface area contributed by atoms with Crippen LogP contribution in [-0.4, -0.2) is 24.4 Å². The minimum absolute atomic E-state index is 0.214. The van der Waals surface area contributed by atoms with E-state index in [0.717, 1.165) is 6.42 Å². The van der Waals surface area contributed by atoms with E-state index in [2.05, 4.69) is 10.6 Å². The topological polar surface area (TPSA) is 58.2 Å². The first-order chi connectivity index (χ1) is 9.95. The summed E-state index contributed by atoms with van der Waals surface area (Å²) in [6.07, 6.45) is 3.67. The van der Waals surface area contributed by atoms with Gasteiger partial charge in [0.1, 0.15) is 6.04 Å². The number of carbonyl (C=O) groups is 2. The highest BCUT2D eigenvalue weighted by atomic mass is 35.5. The van der Waals surface area contributed by atoms with E-state index in [9.17, 15) is 9.59 Å². The van der Waals surface area contributed by atoms with E-state index in [-0.39, 0.29) is 11.8 Å². The van der Waals surface area contributed by atoms with Crippen LogP contribution < -0.4 is 10.6 Å². The van der Waals surface area contributed by atoms with E-state index < -0.39 is 6.04 Å². The Morgan fingerprint density at radius 1 is 1.29 bits per heavy atom. The zero-order valence-corrected chi connectivity index (χ0v) is 13.5. The Bertz CT molecular complexity index is 524. The first-order valence-electron chi connectivity index (χ1n) is 6.66. The van der Waals surface area contributed by atoms with Crippen LogP contribution in [-0.2, 0) is 9.59 Å². The van der Waals surface area contributed by atoms with Gasteiger partial charge in [0.25, 0.3) is 0 Å². The van der Waals surface area contributed by atoms with Gasteiger partial charge in [0.05, 0.1) is 0 Å². The van der Waals surface area contributed by atoms with E-state index in [1.165, 1.54) is 12.2 Å². The number of carbonyl (C=O) groups excluding carboxylic acids is 2. The lowest BCUT2D eigenvalue weighted by molar-refractivity contribution is -0.126. The Kier molecular flexibility index (Phi) is 7.26. The maximum atomic E-state index is 11.8. The molecule has 0 aromatic heterocycles. The third kappa shape index (κ3) is 5.78. The normalized spacial score (nSPS) is 12.2. The highest BCUT2D eigenvalue weighted by Crippen LogP contribution is 2.25. The Labute approximate surface area is 134 Å². The van der Waals surface area contributed by atoms with Crippen LogP contribution in [0.1, 0.15) is 25.8 Å². The van der Waals surface area contributed by atoms with Gasteiger partial charge in [-0.15, -0.1) is 0 Å². The largest absolute Gasteiger partial charge is 0.354 e. The third-order valence-corrected chi connectivity index (χ3v) is 3.36. The lowest BCUT2D eigenvalue weighted by Gasteiger charge is -2.12. The van der Waals surface area contributed by atoms with Gasteiger partial charge in [-0.1, -0.05) is 36.2 Å². The number of hydrogen-bond donors (Lipinski definition) is 2. The first-order valence-corrected chi connectivity index (χ1v) is 7.41. The molecule has 1 aromatic carbocycles. The summed E-state index contributed by atoms with van der Waals surface area (Å²) in [4.78, 5) is 23.4. The Morgan fingerprint density at radius 2 is 1.90 bits per heavy atom. The molecule has 2 N–H and O–H groups in total. The molecule has 1 unspecified atom stereocenters. The number of amides is 2. The summed E-state index contributed by atoms with van der Waals surface area (Å²) >= 11 is 12.0. The average Bonchev–Trinajstić information content (AvgIpc) is 2.44. The summed E-state index contributed by atoms with van der Waals surface area (Å²) in [6, 6.07) is 4.50. The van der Waals surface area contributed by atoms with Crippen LogP contribution >= 0.6 is 23.2 Å². The second-order valence-corrected chi connectivity index (χ2v) is 5.30. The molecule has 1 atom stereocenters. The highest BCUT2D eigenvalue weighted by Gasteiger charge is 2.13. The van der Waals surface area contributed by atoms with Gasteiger partial charge >= 0.3 is 0 Å². The summed E-state index contributed by atoms with van der Waals surface area (Å²) in [6.45, 7) is 4.17. The molecular weight excluding hydrogens is 311 g/mol. The third-order valence-electron chi connectivity index (χ3n) is 2.70. The number of rotatable bonds is 6. The monoisotopic (exact) mass is 328 g/mol. The fraction of sp³-hybridized carbons (Fsp3) is 0.333. The van der Waals surface area contributed by atoms with Crippen molar-refractivity contribution in [3.05, 3.63) is 39.9 Å². The van der Waals surface area contributed by atoms with Crippen molar-refractivity contribution >= 4 is 41.1 Å². The van der Waals surface area contributed by atoms with Gasteiger partial charge in [0, 0.05) is 28.2 Å². The molecule has 6 heteroatoms. The van der Waals surface area contributed by atoms with Gasteiger partial charge in [0.2, 0.25) is 11.8 Å². The lowest BCUT2D eigenvalue weighted by atomic mass is 10.2. The van der Waals surface area contributed by atoms with Gasteiger partial charge in [-0.3, -0.25) is 9.59 Å². The van der Waals surface area contributed by atoms with Crippen molar-refractivity contribution in [1.82, 2.24) is 10.6 Å². The quantitative estimate of drug-likeness (QED) is 0.788. The maximum absolute atomic E-state index is 11.8. The summed E-state index contributed by atoms with van der Waals surface area (Å²) in [5, 5.41) is 6.20. The van der Waals surface area contributed by atoms with Gasteiger partial charge in [-0.05, 0) is 31.6 Å². The van der Waals surface area contributed by atoms with Crippen LogP contribution in [0.25, 0.3) is 6.08 Å². The highest BCUT2D eigenvalue weighted by molar-refractivity contribution is 6.37. The predicted octanol–water partition coefficient (Wildman–Crippen LogP) is 3.04. The number of benzene rings is 1. The van der Waals surface area contributed by atoms with Crippen LogP contribution in [0, 0.1) is 0 Å². The van der Waals surface area contributed by atoms with Crippen molar-refractivity contribution < 1.29 is 9.59 Å². The second kappa shape index (κ2) is 8.70.